The van der Waals surface area contributed by atoms with Gasteiger partial charge in [0.05, 0.1) is 17.2 Å². The number of aromatic nitrogens is 2. The molecule has 2 aromatic rings. The summed E-state index contributed by atoms with van der Waals surface area (Å²) in [5.74, 6) is 1.23. The molecule has 0 radical (unpaired) electrons. The number of Topliss-reactive ketones (excluding diaryl/α,β-unsaturated/α-hetero) is 1. The molecule has 1 aromatic carbocycles. The van der Waals surface area contributed by atoms with Crippen molar-refractivity contribution in [3.8, 4) is 5.75 Å². The Morgan fingerprint density at radius 2 is 1.68 bits per heavy atom. The summed E-state index contributed by atoms with van der Waals surface area (Å²) >= 11 is 6.21. The quantitative estimate of drug-likeness (QED) is 0.293. The van der Waals surface area contributed by atoms with Crippen LogP contribution in [0.5, 0.6) is 5.75 Å². The smallest absolute Gasteiger partial charge is 0.410 e. The minimum Gasteiger partial charge on any atom is -0.489 e. The molecule has 0 N–H and O–H groups in total. The van der Waals surface area contributed by atoms with Gasteiger partial charge in [-0.3, -0.25) is 4.79 Å². The second-order valence-corrected chi connectivity index (χ2v) is 13.2. The normalized spacial score (nSPS) is 21.7. The molecule has 1 amide bonds. The van der Waals surface area contributed by atoms with E-state index in [0.29, 0.717) is 60.6 Å². The van der Waals surface area contributed by atoms with Crippen LogP contribution in [0.3, 0.4) is 0 Å². The zero-order chi connectivity index (χ0) is 29.5. The van der Waals surface area contributed by atoms with Gasteiger partial charge in [-0.05, 0) is 38.8 Å². The van der Waals surface area contributed by atoms with Gasteiger partial charge in [-0.25, -0.2) is 19.6 Å². The van der Waals surface area contributed by atoms with Crippen LogP contribution in [0.2, 0.25) is 5.02 Å². The lowest BCUT2D eigenvalue weighted by molar-refractivity contribution is -0.196. The molecule has 1 saturated carbocycles. The second kappa shape index (κ2) is 10.9. The number of hydrogen-bond acceptors (Lipinski definition) is 7. The van der Waals surface area contributed by atoms with Crippen molar-refractivity contribution >= 4 is 35.1 Å². The Labute approximate surface area is 241 Å². The molecule has 0 bridgehead atoms. The van der Waals surface area contributed by atoms with E-state index in [1.165, 1.54) is 0 Å². The van der Waals surface area contributed by atoms with Gasteiger partial charge in [0.25, 0.3) is 0 Å². The summed E-state index contributed by atoms with van der Waals surface area (Å²) in [6, 6.07) is 5.10. The van der Waals surface area contributed by atoms with Crippen LogP contribution in [0, 0.1) is 23.3 Å². The molecule has 2 fully saturated rings. The van der Waals surface area contributed by atoms with Gasteiger partial charge in [0, 0.05) is 55.8 Å². The summed E-state index contributed by atoms with van der Waals surface area (Å²) in [5, 5.41) is 0.363. The molecule has 9 nitrogen and oxygen atoms in total. The van der Waals surface area contributed by atoms with Gasteiger partial charge in [0.2, 0.25) is 11.6 Å². The Morgan fingerprint density at radius 1 is 1.07 bits per heavy atom. The van der Waals surface area contributed by atoms with Crippen molar-refractivity contribution in [3.63, 3.8) is 0 Å². The first-order valence-corrected chi connectivity index (χ1v) is 13.9. The minimum atomic E-state index is -0.530. The molecule has 0 spiro atoms. The van der Waals surface area contributed by atoms with Crippen molar-refractivity contribution in [1.29, 1.82) is 0 Å². The number of halogens is 1. The van der Waals surface area contributed by atoms with Crippen LogP contribution < -0.4 is 9.64 Å². The van der Waals surface area contributed by atoms with Crippen molar-refractivity contribution < 1.29 is 19.1 Å². The van der Waals surface area contributed by atoms with Gasteiger partial charge in [0.1, 0.15) is 17.5 Å². The number of amides is 1. The molecular weight excluding hydrogens is 530 g/mol. The highest BCUT2D eigenvalue weighted by atomic mass is 35.5. The van der Waals surface area contributed by atoms with Crippen molar-refractivity contribution in [2.75, 3.05) is 31.1 Å². The van der Waals surface area contributed by atoms with Gasteiger partial charge in [-0.1, -0.05) is 45.4 Å². The summed E-state index contributed by atoms with van der Waals surface area (Å²) in [6.45, 7) is 23.4. The number of carbonyl (C=O) groups excluding carboxylic acids is 2. The molecule has 214 valence electrons. The lowest BCUT2D eigenvalue weighted by Gasteiger charge is -2.63. The maximum Gasteiger partial charge on any atom is 0.410 e. The van der Waals surface area contributed by atoms with Crippen LogP contribution in [-0.4, -0.2) is 64.6 Å². The summed E-state index contributed by atoms with van der Waals surface area (Å²) in [4.78, 5) is 41.7. The van der Waals surface area contributed by atoms with Gasteiger partial charge in [-0.2, -0.15) is 0 Å². The van der Waals surface area contributed by atoms with E-state index in [1.807, 2.05) is 25.7 Å². The Hall–Kier alpha value is -3.38. The molecule has 4 rings (SSSR count). The zero-order valence-corrected chi connectivity index (χ0v) is 25.1. The van der Waals surface area contributed by atoms with Gasteiger partial charge in [-0.15, -0.1) is 0 Å². The molecule has 2 aliphatic rings. The highest BCUT2D eigenvalue weighted by molar-refractivity contribution is 6.33. The third-order valence-electron chi connectivity index (χ3n) is 8.01. The Balaban J connectivity index is 1.35. The van der Waals surface area contributed by atoms with Crippen molar-refractivity contribution in [1.82, 2.24) is 14.9 Å². The molecule has 1 saturated heterocycles. The monoisotopic (exact) mass is 567 g/mol. The molecule has 0 unspecified atom stereocenters. The number of rotatable bonds is 6. The number of carbonyl (C=O) groups is 2. The number of hydrogen-bond donors (Lipinski definition) is 0. The number of piperazine rings is 1. The lowest BCUT2D eigenvalue weighted by Crippen LogP contribution is -2.66. The SMILES string of the molecule is [C-]#[N+]c1ccc(OC2C(C)(C)C(CC(=O)c3cnc(N4CCN(C(=O)OC(C)(C)C)CC4)nc3)C2(C)C)cc1Cl. The zero-order valence-electron chi connectivity index (χ0n) is 24.3. The predicted octanol–water partition coefficient (Wildman–Crippen LogP) is 6.44. The summed E-state index contributed by atoms with van der Waals surface area (Å²) in [5.41, 5.74) is -0.190. The number of anilines is 1. The largest absolute Gasteiger partial charge is 0.489 e. The fourth-order valence-corrected chi connectivity index (χ4v) is 6.36. The fourth-order valence-electron chi connectivity index (χ4n) is 6.15. The van der Waals surface area contributed by atoms with Crippen LogP contribution in [0.25, 0.3) is 4.85 Å². The fraction of sp³-hybridized carbons (Fsp3) is 0.567. The first kappa shape index (κ1) is 29.6. The molecule has 0 atom stereocenters. The van der Waals surface area contributed by atoms with Crippen LogP contribution in [-0.2, 0) is 4.74 Å². The van der Waals surface area contributed by atoms with E-state index in [1.54, 1.807) is 35.5 Å². The molecule has 1 aliphatic carbocycles. The highest BCUT2D eigenvalue weighted by Crippen LogP contribution is 2.61. The van der Waals surface area contributed by atoms with E-state index in [2.05, 4.69) is 42.5 Å². The molecular formula is C30H38ClN5O4. The summed E-state index contributed by atoms with van der Waals surface area (Å²) < 4.78 is 11.8. The van der Waals surface area contributed by atoms with Crippen LogP contribution in [0.15, 0.2) is 30.6 Å². The second-order valence-electron chi connectivity index (χ2n) is 12.8. The van der Waals surface area contributed by atoms with Crippen LogP contribution in [0.4, 0.5) is 16.4 Å². The van der Waals surface area contributed by atoms with E-state index in [-0.39, 0.29) is 34.7 Å². The third kappa shape index (κ3) is 6.02. The summed E-state index contributed by atoms with van der Waals surface area (Å²) in [6.07, 6.45) is 3.10. The molecule has 40 heavy (non-hydrogen) atoms. The van der Waals surface area contributed by atoms with E-state index in [4.69, 9.17) is 27.6 Å². The predicted molar refractivity (Wildman–Crippen MR) is 154 cm³/mol. The minimum absolute atomic E-state index is 0.00431. The van der Waals surface area contributed by atoms with E-state index in [9.17, 15) is 9.59 Å². The van der Waals surface area contributed by atoms with E-state index in [0.717, 1.165) is 0 Å². The molecule has 1 aromatic heterocycles. The van der Waals surface area contributed by atoms with E-state index >= 15 is 0 Å². The molecule has 1 aliphatic heterocycles. The lowest BCUT2D eigenvalue weighted by atomic mass is 9.44. The van der Waals surface area contributed by atoms with Crippen LogP contribution >= 0.6 is 11.6 Å². The number of ketones is 1. The van der Waals surface area contributed by atoms with Gasteiger partial charge in [0.15, 0.2) is 5.78 Å². The number of ether oxygens (including phenoxy) is 2. The van der Waals surface area contributed by atoms with Crippen molar-refractivity contribution in [2.45, 2.75) is 66.6 Å². The third-order valence-corrected chi connectivity index (χ3v) is 8.31. The first-order valence-electron chi connectivity index (χ1n) is 13.6. The number of nitrogens with zero attached hydrogens (tertiary/aromatic N) is 5. The maximum absolute atomic E-state index is 13.3. The average Bonchev–Trinajstić information content (AvgIpc) is 2.89. The topological polar surface area (TPSA) is 89.2 Å². The van der Waals surface area contributed by atoms with Crippen LogP contribution in [0.1, 0.15) is 65.2 Å². The van der Waals surface area contributed by atoms with E-state index < -0.39 is 5.60 Å². The summed E-state index contributed by atoms with van der Waals surface area (Å²) in [7, 11) is 0. The standard InChI is InChI=1S/C30H38ClN5O4/c1-28(2,3)40-27(38)36-13-11-35(12-14-36)26-33-17-19(18-34-26)23(37)16-24-29(4,5)25(30(24,6)7)39-20-9-10-22(32-8)21(31)15-20/h9-10,15,17-18,24-25H,11-14,16H2,1-7H3. The number of benzene rings is 1. The molecule has 2 heterocycles. The Morgan fingerprint density at radius 3 is 2.20 bits per heavy atom. The van der Waals surface area contributed by atoms with Gasteiger partial charge < -0.3 is 19.3 Å². The maximum atomic E-state index is 13.3. The average molecular weight is 568 g/mol. The van der Waals surface area contributed by atoms with Crippen molar-refractivity contribution in [3.05, 3.63) is 52.6 Å². The Kier molecular flexibility index (Phi) is 8.06. The Bertz CT molecular complexity index is 1290. The first-order chi connectivity index (χ1) is 18.6. The van der Waals surface area contributed by atoms with Crippen molar-refractivity contribution in [2.24, 2.45) is 16.7 Å². The van der Waals surface area contributed by atoms with Gasteiger partial charge >= 0.3 is 6.09 Å². The molecule has 10 heteroatoms. The highest BCUT2D eigenvalue weighted by Gasteiger charge is 2.63.